The highest BCUT2D eigenvalue weighted by Crippen LogP contribution is 1.98. The van der Waals surface area contributed by atoms with E-state index in [2.05, 4.69) is 13.8 Å². The number of rotatable bonds is 5. The molecule has 0 aromatic carbocycles. The van der Waals surface area contributed by atoms with Crippen molar-refractivity contribution in [2.75, 3.05) is 13.6 Å². The normalized spacial score (nSPS) is 11.5. The number of nitrogens with one attached hydrogen (secondary N) is 1. The summed E-state index contributed by atoms with van der Waals surface area (Å²) < 4.78 is 0. The lowest BCUT2D eigenvalue weighted by molar-refractivity contribution is -0.114. The molecule has 0 aliphatic carbocycles. The summed E-state index contributed by atoms with van der Waals surface area (Å²) in [6, 6.07) is 0. The van der Waals surface area contributed by atoms with Gasteiger partial charge in [0.15, 0.2) is 0 Å². The predicted molar refractivity (Wildman–Crippen MR) is 53.5 cm³/mol. The molecule has 74 valence electrons. The van der Waals surface area contributed by atoms with Crippen LogP contribution in [-0.2, 0) is 4.79 Å². The molecule has 0 aromatic rings. The highest BCUT2D eigenvalue weighted by Gasteiger charge is 2.03. The summed E-state index contributed by atoms with van der Waals surface area (Å²) in [6.07, 6.45) is 2.56. The zero-order chi connectivity index (χ0) is 10.4. The van der Waals surface area contributed by atoms with Crippen LogP contribution in [0.4, 0.5) is 0 Å². The highest BCUT2D eigenvalue weighted by molar-refractivity contribution is 6.10. The van der Waals surface area contributed by atoms with Gasteiger partial charge in [0.2, 0.25) is 0 Å². The van der Waals surface area contributed by atoms with Crippen LogP contribution in [0.1, 0.15) is 13.8 Å². The average Bonchev–Trinajstić information content (AvgIpc) is 1.98. The number of hydrogen-bond donors (Lipinski definition) is 2. The number of hydrogen-bond acceptors (Lipinski definition) is 3. The molecule has 0 rings (SSSR count). The molecule has 13 heavy (non-hydrogen) atoms. The third kappa shape index (κ3) is 5.00. The Morgan fingerprint density at radius 1 is 1.62 bits per heavy atom. The number of carbonyl (C=O) groups excluding carboxylic acids is 1. The number of nitrogens with two attached hydrogens (primary N) is 1. The molecule has 0 bridgehead atoms. The molecular formula is C9H17N3O. The van der Waals surface area contributed by atoms with Crippen molar-refractivity contribution in [3.63, 3.8) is 0 Å². The summed E-state index contributed by atoms with van der Waals surface area (Å²) in [5, 5.41) is 6.95. The fraction of sp³-hybridized carbons (Fsp3) is 0.556. The maximum Gasteiger partial charge on any atom is 0.251 e. The quantitative estimate of drug-likeness (QED) is 0.484. The van der Waals surface area contributed by atoms with Crippen molar-refractivity contribution in [3.05, 3.63) is 11.8 Å². The Balaban J connectivity index is 4.33. The molecule has 0 saturated carbocycles. The van der Waals surface area contributed by atoms with Crippen molar-refractivity contribution in [1.29, 1.82) is 5.41 Å². The Morgan fingerprint density at radius 3 is 2.46 bits per heavy atom. The summed E-state index contributed by atoms with van der Waals surface area (Å²) in [4.78, 5) is 12.6. The summed E-state index contributed by atoms with van der Waals surface area (Å²) in [5.74, 6) is -0.0493. The Labute approximate surface area is 78.9 Å². The van der Waals surface area contributed by atoms with E-state index in [1.807, 2.05) is 11.9 Å². The molecule has 4 nitrogen and oxygen atoms in total. The Kier molecular flexibility index (Phi) is 4.80. The van der Waals surface area contributed by atoms with Crippen molar-refractivity contribution in [2.45, 2.75) is 13.8 Å². The third-order valence-corrected chi connectivity index (χ3v) is 1.45. The topological polar surface area (TPSA) is 70.2 Å². The number of carbonyl (C=O) groups is 1. The summed E-state index contributed by atoms with van der Waals surface area (Å²) in [7, 11) is 1.85. The molecule has 0 aliphatic rings. The van der Waals surface area contributed by atoms with Crippen molar-refractivity contribution in [3.8, 4) is 0 Å². The van der Waals surface area contributed by atoms with E-state index in [-0.39, 0.29) is 5.57 Å². The summed E-state index contributed by atoms with van der Waals surface area (Å²) in [5.41, 5.74) is 5.27. The molecule has 0 spiro atoms. The van der Waals surface area contributed by atoms with Gasteiger partial charge in [0.25, 0.3) is 5.91 Å². The SMILES string of the molecule is CC(C)CN(C)/C=C(\C=N)C(N)=O. The van der Waals surface area contributed by atoms with Gasteiger partial charge in [0, 0.05) is 26.0 Å². The van der Waals surface area contributed by atoms with E-state index < -0.39 is 5.91 Å². The monoisotopic (exact) mass is 183 g/mol. The maximum atomic E-state index is 10.7. The van der Waals surface area contributed by atoms with Crippen molar-refractivity contribution >= 4 is 12.1 Å². The minimum atomic E-state index is -0.564. The van der Waals surface area contributed by atoms with Crippen LogP contribution < -0.4 is 5.73 Å². The van der Waals surface area contributed by atoms with E-state index in [1.165, 1.54) is 0 Å². The molecular weight excluding hydrogens is 166 g/mol. The van der Waals surface area contributed by atoms with Crippen LogP contribution in [0.15, 0.2) is 11.8 Å². The third-order valence-electron chi connectivity index (χ3n) is 1.45. The molecule has 0 atom stereocenters. The van der Waals surface area contributed by atoms with Crippen molar-refractivity contribution in [2.24, 2.45) is 11.7 Å². The fourth-order valence-corrected chi connectivity index (χ4v) is 1.04. The molecule has 0 aromatic heterocycles. The van der Waals surface area contributed by atoms with E-state index >= 15 is 0 Å². The number of primary amides is 1. The van der Waals surface area contributed by atoms with Gasteiger partial charge in [0.1, 0.15) is 0 Å². The Hall–Kier alpha value is -1.32. The van der Waals surface area contributed by atoms with Gasteiger partial charge in [-0.05, 0) is 5.92 Å². The van der Waals surface area contributed by atoms with Gasteiger partial charge in [-0.2, -0.15) is 0 Å². The van der Waals surface area contributed by atoms with Crippen LogP contribution in [0.25, 0.3) is 0 Å². The van der Waals surface area contributed by atoms with Gasteiger partial charge < -0.3 is 16.0 Å². The van der Waals surface area contributed by atoms with Crippen LogP contribution in [0.5, 0.6) is 0 Å². The lowest BCUT2D eigenvalue weighted by atomic mass is 10.2. The first kappa shape index (κ1) is 11.7. The molecule has 0 saturated heterocycles. The second-order valence-electron chi connectivity index (χ2n) is 3.43. The minimum absolute atomic E-state index is 0.225. The molecule has 4 heteroatoms. The smallest absolute Gasteiger partial charge is 0.251 e. The predicted octanol–water partition coefficient (Wildman–Crippen LogP) is 0.593. The van der Waals surface area contributed by atoms with Gasteiger partial charge in [-0.3, -0.25) is 4.79 Å². The van der Waals surface area contributed by atoms with Gasteiger partial charge in [0.05, 0.1) is 5.57 Å². The zero-order valence-electron chi connectivity index (χ0n) is 8.37. The van der Waals surface area contributed by atoms with Crippen molar-refractivity contribution in [1.82, 2.24) is 4.90 Å². The zero-order valence-corrected chi connectivity index (χ0v) is 8.37. The van der Waals surface area contributed by atoms with E-state index in [9.17, 15) is 4.79 Å². The molecule has 0 radical (unpaired) electrons. The number of amides is 1. The van der Waals surface area contributed by atoms with Gasteiger partial charge in [-0.1, -0.05) is 13.8 Å². The second-order valence-corrected chi connectivity index (χ2v) is 3.43. The summed E-state index contributed by atoms with van der Waals surface area (Å²) in [6.45, 7) is 5.00. The largest absolute Gasteiger partial charge is 0.379 e. The van der Waals surface area contributed by atoms with Gasteiger partial charge in [-0.25, -0.2) is 0 Å². The first-order chi connectivity index (χ1) is 5.97. The van der Waals surface area contributed by atoms with E-state index in [4.69, 9.17) is 11.1 Å². The van der Waals surface area contributed by atoms with E-state index in [0.29, 0.717) is 5.92 Å². The molecule has 3 N–H and O–H groups in total. The van der Waals surface area contributed by atoms with Crippen LogP contribution in [-0.4, -0.2) is 30.6 Å². The maximum absolute atomic E-state index is 10.7. The average molecular weight is 183 g/mol. The van der Waals surface area contributed by atoms with Gasteiger partial charge in [-0.15, -0.1) is 0 Å². The molecule has 1 amide bonds. The molecule has 0 fully saturated rings. The Bertz CT molecular complexity index is 221. The van der Waals surface area contributed by atoms with Gasteiger partial charge >= 0.3 is 0 Å². The second kappa shape index (κ2) is 5.35. The standard InChI is InChI=1S/C9H17N3O/c1-7(2)5-12(3)6-8(4-10)9(11)13/h4,6-7,10H,5H2,1-3H3,(H2,11,13)/b8-6+,10-4?. The fourth-order valence-electron chi connectivity index (χ4n) is 1.04. The van der Waals surface area contributed by atoms with Crippen LogP contribution in [0, 0.1) is 11.3 Å². The lowest BCUT2D eigenvalue weighted by Gasteiger charge is -2.16. The van der Waals surface area contributed by atoms with E-state index in [1.54, 1.807) is 6.20 Å². The van der Waals surface area contributed by atoms with Crippen LogP contribution in [0.2, 0.25) is 0 Å². The number of nitrogens with zero attached hydrogens (tertiary/aromatic N) is 1. The first-order valence-corrected chi connectivity index (χ1v) is 4.19. The Morgan fingerprint density at radius 2 is 2.15 bits per heavy atom. The molecule has 0 aliphatic heterocycles. The van der Waals surface area contributed by atoms with E-state index in [0.717, 1.165) is 12.8 Å². The summed E-state index contributed by atoms with van der Waals surface area (Å²) >= 11 is 0. The highest BCUT2D eigenvalue weighted by atomic mass is 16.1. The minimum Gasteiger partial charge on any atom is -0.379 e. The molecule has 0 unspecified atom stereocenters. The van der Waals surface area contributed by atoms with Crippen molar-refractivity contribution < 1.29 is 4.79 Å². The molecule has 0 heterocycles. The van der Waals surface area contributed by atoms with Crippen LogP contribution >= 0.6 is 0 Å². The van der Waals surface area contributed by atoms with Crippen LogP contribution in [0.3, 0.4) is 0 Å². The lowest BCUT2D eigenvalue weighted by Crippen LogP contribution is -2.22. The first-order valence-electron chi connectivity index (χ1n) is 4.19.